The SMILES string of the molecule is COc1ccc(CN2C(C=O)SC[C@H]2C(C)=O)cc1. The second-order valence-corrected chi connectivity index (χ2v) is 5.66. The highest BCUT2D eigenvalue weighted by atomic mass is 32.2. The smallest absolute Gasteiger partial charge is 0.147 e. The molecule has 4 nitrogen and oxygen atoms in total. The summed E-state index contributed by atoms with van der Waals surface area (Å²) in [5, 5.41) is -0.226. The predicted octanol–water partition coefficient (Wildman–Crippen LogP) is 1.73. The largest absolute Gasteiger partial charge is 0.497 e. The lowest BCUT2D eigenvalue weighted by atomic mass is 10.1. The molecule has 0 bridgehead atoms. The van der Waals surface area contributed by atoms with E-state index in [9.17, 15) is 9.59 Å². The average molecular weight is 279 g/mol. The van der Waals surface area contributed by atoms with E-state index >= 15 is 0 Å². The van der Waals surface area contributed by atoms with Gasteiger partial charge in [0.25, 0.3) is 0 Å². The molecule has 1 unspecified atom stereocenters. The molecule has 102 valence electrons. The Hall–Kier alpha value is -1.33. The number of ketones is 1. The van der Waals surface area contributed by atoms with Crippen molar-refractivity contribution in [2.75, 3.05) is 12.9 Å². The van der Waals surface area contributed by atoms with Crippen LogP contribution < -0.4 is 4.74 Å². The van der Waals surface area contributed by atoms with Crippen molar-refractivity contribution in [3.8, 4) is 5.75 Å². The highest BCUT2D eigenvalue weighted by Crippen LogP contribution is 2.30. The van der Waals surface area contributed by atoms with Crippen molar-refractivity contribution in [1.82, 2.24) is 4.90 Å². The minimum absolute atomic E-state index is 0.116. The van der Waals surface area contributed by atoms with E-state index in [1.165, 1.54) is 11.8 Å². The van der Waals surface area contributed by atoms with E-state index < -0.39 is 0 Å². The van der Waals surface area contributed by atoms with E-state index in [1.807, 2.05) is 29.2 Å². The molecular weight excluding hydrogens is 262 g/mol. The maximum atomic E-state index is 11.6. The van der Waals surface area contributed by atoms with Crippen LogP contribution in [0.1, 0.15) is 12.5 Å². The van der Waals surface area contributed by atoms with Gasteiger partial charge in [-0.1, -0.05) is 12.1 Å². The van der Waals surface area contributed by atoms with Gasteiger partial charge >= 0.3 is 0 Å². The number of nitrogens with zero attached hydrogens (tertiary/aromatic N) is 1. The molecule has 1 aliphatic heterocycles. The molecule has 2 rings (SSSR count). The first kappa shape index (κ1) is 14.1. The van der Waals surface area contributed by atoms with E-state index in [0.717, 1.165) is 17.6 Å². The normalized spacial score (nSPS) is 23.3. The van der Waals surface area contributed by atoms with Gasteiger partial charge < -0.3 is 9.53 Å². The quantitative estimate of drug-likeness (QED) is 0.768. The molecule has 0 spiro atoms. The number of rotatable bonds is 5. The fourth-order valence-corrected chi connectivity index (χ4v) is 3.47. The van der Waals surface area contributed by atoms with Crippen molar-refractivity contribution in [3.05, 3.63) is 29.8 Å². The van der Waals surface area contributed by atoms with Gasteiger partial charge in [0, 0.05) is 12.3 Å². The number of ether oxygens (including phenoxy) is 1. The molecule has 1 heterocycles. The Kier molecular flexibility index (Phi) is 4.61. The van der Waals surface area contributed by atoms with Gasteiger partial charge in [0.1, 0.15) is 23.2 Å². The van der Waals surface area contributed by atoms with Gasteiger partial charge in [-0.2, -0.15) is 0 Å². The standard InChI is InChI=1S/C14H17NO3S/c1-10(17)13-9-19-14(8-16)15(13)7-11-3-5-12(18-2)6-4-11/h3-6,8,13-14H,7,9H2,1-2H3/t13-,14?/m0/s1. The Balaban J connectivity index is 2.13. The lowest BCUT2D eigenvalue weighted by Crippen LogP contribution is -2.40. The van der Waals surface area contributed by atoms with Crippen LogP contribution in [0.25, 0.3) is 0 Å². The zero-order valence-corrected chi connectivity index (χ0v) is 11.9. The number of thioether (sulfide) groups is 1. The molecule has 0 N–H and O–H groups in total. The Morgan fingerprint density at radius 2 is 2.16 bits per heavy atom. The zero-order chi connectivity index (χ0) is 13.8. The van der Waals surface area contributed by atoms with Crippen molar-refractivity contribution in [1.29, 1.82) is 0 Å². The molecule has 0 amide bonds. The van der Waals surface area contributed by atoms with Gasteiger partial charge in [0.15, 0.2) is 0 Å². The molecule has 0 aliphatic carbocycles. The topological polar surface area (TPSA) is 46.6 Å². The highest BCUT2D eigenvalue weighted by Gasteiger charge is 2.36. The van der Waals surface area contributed by atoms with Crippen LogP contribution in [-0.2, 0) is 16.1 Å². The minimum atomic E-state index is -0.226. The van der Waals surface area contributed by atoms with Gasteiger partial charge in [-0.05, 0) is 24.6 Å². The van der Waals surface area contributed by atoms with E-state index in [1.54, 1.807) is 14.0 Å². The number of hydrogen-bond acceptors (Lipinski definition) is 5. The molecular formula is C14H17NO3S. The van der Waals surface area contributed by atoms with E-state index in [0.29, 0.717) is 12.3 Å². The summed E-state index contributed by atoms with van der Waals surface area (Å²) in [4.78, 5) is 24.7. The third-order valence-corrected chi connectivity index (χ3v) is 4.49. The van der Waals surface area contributed by atoms with Crippen molar-refractivity contribution in [2.45, 2.75) is 24.9 Å². The van der Waals surface area contributed by atoms with Crippen molar-refractivity contribution in [2.24, 2.45) is 0 Å². The lowest BCUT2D eigenvalue weighted by molar-refractivity contribution is -0.122. The molecule has 0 saturated carbocycles. The molecule has 5 heteroatoms. The Morgan fingerprint density at radius 1 is 1.47 bits per heavy atom. The number of carbonyl (C=O) groups excluding carboxylic acids is 2. The molecule has 1 aromatic rings. The van der Waals surface area contributed by atoms with Gasteiger partial charge in [-0.15, -0.1) is 11.8 Å². The number of aldehydes is 1. The molecule has 2 atom stereocenters. The lowest BCUT2D eigenvalue weighted by Gasteiger charge is -2.24. The average Bonchev–Trinajstić information content (AvgIpc) is 2.82. The van der Waals surface area contributed by atoms with Crippen molar-refractivity contribution in [3.63, 3.8) is 0 Å². The summed E-state index contributed by atoms with van der Waals surface area (Å²) in [6.45, 7) is 2.18. The number of Topliss-reactive ketones (excluding diaryl/α,β-unsaturated/α-hetero) is 1. The van der Waals surface area contributed by atoms with E-state index in [-0.39, 0.29) is 17.2 Å². The number of hydrogen-bond donors (Lipinski definition) is 0. The summed E-state index contributed by atoms with van der Waals surface area (Å²) in [5.41, 5.74) is 1.07. The van der Waals surface area contributed by atoms with Gasteiger partial charge in [0.2, 0.25) is 0 Å². The first-order valence-corrected chi connectivity index (χ1v) is 7.16. The first-order chi connectivity index (χ1) is 9.15. The fraction of sp³-hybridized carbons (Fsp3) is 0.429. The fourth-order valence-electron chi connectivity index (χ4n) is 2.17. The van der Waals surface area contributed by atoms with Gasteiger partial charge in [-0.3, -0.25) is 9.69 Å². The number of benzene rings is 1. The molecule has 0 aromatic heterocycles. The summed E-state index contributed by atoms with van der Waals surface area (Å²) >= 11 is 1.53. The summed E-state index contributed by atoms with van der Waals surface area (Å²) < 4.78 is 5.11. The summed E-state index contributed by atoms with van der Waals surface area (Å²) in [6.07, 6.45) is 0.914. The molecule has 1 fully saturated rings. The number of methoxy groups -OCH3 is 1. The first-order valence-electron chi connectivity index (χ1n) is 6.11. The Labute approximate surface area is 117 Å². The van der Waals surface area contributed by atoms with Crippen LogP contribution in [0.5, 0.6) is 5.75 Å². The summed E-state index contributed by atoms with van der Waals surface area (Å²) in [6, 6.07) is 7.53. The second-order valence-electron chi connectivity index (χ2n) is 4.51. The zero-order valence-electron chi connectivity index (χ0n) is 11.0. The Morgan fingerprint density at radius 3 is 2.68 bits per heavy atom. The van der Waals surface area contributed by atoms with Crippen molar-refractivity contribution >= 4 is 23.8 Å². The van der Waals surface area contributed by atoms with Crippen LogP contribution in [0.3, 0.4) is 0 Å². The molecule has 0 radical (unpaired) electrons. The van der Waals surface area contributed by atoms with Crippen LogP contribution in [0, 0.1) is 0 Å². The van der Waals surface area contributed by atoms with Crippen LogP contribution >= 0.6 is 11.8 Å². The van der Waals surface area contributed by atoms with E-state index in [2.05, 4.69) is 0 Å². The third kappa shape index (κ3) is 3.16. The minimum Gasteiger partial charge on any atom is -0.497 e. The van der Waals surface area contributed by atoms with Crippen LogP contribution in [-0.4, -0.2) is 41.2 Å². The third-order valence-electron chi connectivity index (χ3n) is 3.26. The van der Waals surface area contributed by atoms with Crippen molar-refractivity contribution < 1.29 is 14.3 Å². The predicted molar refractivity (Wildman–Crippen MR) is 75.3 cm³/mol. The number of carbonyl (C=O) groups is 2. The van der Waals surface area contributed by atoms with E-state index in [4.69, 9.17) is 4.74 Å². The van der Waals surface area contributed by atoms with Gasteiger partial charge in [-0.25, -0.2) is 0 Å². The molecule has 1 aromatic carbocycles. The maximum absolute atomic E-state index is 11.6. The maximum Gasteiger partial charge on any atom is 0.147 e. The highest BCUT2D eigenvalue weighted by molar-refractivity contribution is 8.00. The summed E-state index contributed by atoms with van der Waals surface area (Å²) in [5.74, 6) is 1.61. The van der Waals surface area contributed by atoms with Crippen LogP contribution in [0.4, 0.5) is 0 Å². The monoisotopic (exact) mass is 279 g/mol. The summed E-state index contributed by atoms with van der Waals surface area (Å²) in [7, 11) is 1.63. The van der Waals surface area contributed by atoms with Gasteiger partial charge in [0.05, 0.1) is 13.2 Å². The molecule has 1 aliphatic rings. The molecule has 1 saturated heterocycles. The van der Waals surface area contributed by atoms with Crippen LogP contribution in [0.15, 0.2) is 24.3 Å². The second kappa shape index (κ2) is 6.21. The van der Waals surface area contributed by atoms with Crippen LogP contribution in [0.2, 0.25) is 0 Å². The Bertz CT molecular complexity index is 460. The molecule has 19 heavy (non-hydrogen) atoms.